The van der Waals surface area contributed by atoms with Gasteiger partial charge in [0.05, 0.1) is 19.5 Å². The number of nitrogen functional groups attached to an aromatic ring is 2. The van der Waals surface area contributed by atoms with Crippen molar-refractivity contribution < 1.29 is 0 Å². The smallest absolute Gasteiger partial charge is 0.0781 e. The fourth-order valence-electron chi connectivity index (χ4n) is 3.58. The van der Waals surface area contributed by atoms with E-state index < -0.39 is 8.07 Å². The van der Waals surface area contributed by atoms with Gasteiger partial charge in [0, 0.05) is 31.4 Å². The monoisotopic (exact) mass is 671 g/mol. The van der Waals surface area contributed by atoms with E-state index in [0.717, 1.165) is 42.8 Å². The second kappa shape index (κ2) is 15.4. The molecule has 0 atom stereocenters. The molecule has 0 fully saturated rings. The van der Waals surface area contributed by atoms with Crippen molar-refractivity contribution in [3.05, 3.63) is 154 Å². The van der Waals surface area contributed by atoms with E-state index in [9.17, 15) is 0 Å². The molecule has 0 saturated heterocycles. The zero-order chi connectivity index (χ0) is 29.0. The van der Waals surface area contributed by atoms with Gasteiger partial charge in [-0.3, -0.25) is 0 Å². The maximum atomic E-state index is 5.59. The number of rotatable bonds is 4. The highest BCUT2D eigenvalue weighted by atomic mass is 79.9. The van der Waals surface area contributed by atoms with Gasteiger partial charge >= 0.3 is 0 Å². The Kier molecular flexibility index (Phi) is 11.9. The number of halogens is 2. The fraction of sp³-hybridized carbons (Fsp3) is 0.0882. The van der Waals surface area contributed by atoms with E-state index in [1.807, 2.05) is 97.1 Å². The molecule has 3 nitrogen and oxygen atoms in total. The normalized spacial score (nSPS) is 10.3. The molecule has 0 amide bonds. The Hall–Kier alpha value is -3.45. The lowest BCUT2D eigenvalue weighted by atomic mass is 10.0. The summed E-state index contributed by atoms with van der Waals surface area (Å²) in [7, 11) is -1.11. The molecule has 0 aliphatic heterocycles. The summed E-state index contributed by atoms with van der Waals surface area (Å²) in [6.45, 7) is 7.00. The lowest BCUT2D eigenvalue weighted by Gasteiger charge is -2.15. The zero-order valence-corrected chi connectivity index (χ0v) is 27.2. The van der Waals surface area contributed by atoms with Gasteiger partial charge in [0.2, 0.25) is 0 Å². The minimum Gasteiger partial charge on any atom is -0.399 e. The Balaban J connectivity index is 0.000000193. The molecule has 5 aromatic rings. The lowest BCUT2D eigenvalue weighted by molar-refractivity contribution is 1.47. The third kappa shape index (κ3) is 10.6. The van der Waals surface area contributed by atoms with Crippen LogP contribution in [0.2, 0.25) is 19.6 Å². The molecule has 0 aliphatic rings. The maximum Gasteiger partial charge on any atom is 0.0781 e. The zero-order valence-electron chi connectivity index (χ0n) is 23.1. The number of nitrogens with two attached hydrogens (primary N) is 2. The summed E-state index contributed by atoms with van der Waals surface area (Å²) in [5, 5.41) is 1.46. The second-order valence-electron chi connectivity index (χ2n) is 10.1. The molecule has 6 heteroatoms. The molecule has 0 aromatic heterocycles. The summed E-state index contributed by atoms with van der Waals surface area (Å²) in [4.78, 5) is 4.84. The van der Waals surface area contributed by atoms with Crippen molar-refractivity contribution >= 4 is 67.9 Å². The maximum absolute atomic E-state index is 5.59. The molecule has 0 saturated carbocycles. The number of hydrogen-bond acceptors (Lipinski definition) is 3. The van der Waals surface area contributed by atoms with E-state index in [1.165, 1.54) is 5.19 Å². The summed E-state index contributed by atoms with van der Waals surface area (Å²) in [6.07, 6.45) is 0. The topological polar surface area (TPSA) is 64.4 Å². The molecular formula is C34H35Br2N3Si. The van der Waals surface area contributed by atoms with E-state index in [2.05, 4.69) is 87.9 Å². The minimum absolute atomic E-state index is 0.799. The highest BCUT2D eigenvalue weighted by Crippen LogP contribution is 2.20. The Morgan fingerprint density at radius 1 is 0.525 bits per heavy atom. The van der Waals surface area contributed by atoms with Crippen LogP contribution in [0, 0.1) is 0 Å². The third-order valence-electron chi connectivity index (χ3n) is 5.81. The first-order valence-electron chi connectivity index (χ1n) is 12.9. The van der Waals surface area contributed by atoms with Gasteiger partial charge < -0.3 is 11.5 Å². The van der Waals surface area contributed by atoms with E-state index in [1.54, 1.807) is 0 Å². The van der Waals surface area contributed by atoms with Gasteiger partial charge in [-0.25, -0.2) is 4.99 Å². The summed E-state index contributed by atoms with van der Waals surface area (Å²) < 4.78 is 2.12. The van der Waals surface area contributed by atoms with Crippen LogP contribution in [0.5, 0.6) is 0 Å². The first-order valence-corrected chi connectivity index (χ1v) is 18.0. The molecule has 5 aromatic carbocycles. The lowest BCUT2D eigenvalue weighted by Crippen LogP contribution is -2.37. The quantitative estimate of drug-likeness (QED) is 0.113. The molecule has 0 unspecified atom stereocenters. The van der Waals surface area contributed by atoms with Crippen LogP contribution in [0.25, 0.3) is 0 Å². The standard InChI is InChI=1S/C19H14BrN.C9H15NSi.C6H6BrN/c20-17-11-13-18(14-12-17)21-19(15-7-3-1-4-8-15)16-9-5-2-6-10-16;1-11(2,3)9-6-4-8(10)5-7-9;7-5-1-3-6(8)4-2-5/h1-14H;4-7H,10H2,1-3H3;1-4H,8H2. The number of aliphatic imine (C=N–C) groups is 1. The Morgan fingerprint density at radius 3 is 1.27 bits per heavy atom. The number of anilines is 2. The summed E-state index contributed by atoms with van der Waals surface area (Å²) in [5.41, 5.74) is 16.8. The number of hydrogen-bond donors (Lipinski definition) is 2. The molecule has 0 bridgehead atoms. The van der Waals surface area contributed by atoms with Crippen LogP contribution in [0.4, 0.5) is 17.1 Å². The summed E-state index contributed by atoms with van der Waals surface area (Å²) >= 11 is 6.74. The molecule has 5 rings (SSSR count). The number of nitrogens with zero attached hydrogens (tertiary/aromatic N) is 1. The summed E-state index contributed by atoms with van der Waals surface area (Å²) in [6, 6.07) is 44.3. The van der Waals surface area contributed by atoms with E-state index >= 15 is 0 Å². The van der Waals surface area contributed by atoms with Gasteiger partial charge in [-0.1, -0.05) is 129 Å². The Morgan fingerprint density at radius 2 is 0.900 bits per heavy atom. The van der Waals surface area contributed by atoms with Gasteiger partial charge in [0.15, 0.2) is 0 Å². The van der Waals surface area contributed by atoms with Crippen LogP contribution >= 0.6 is 31.9 Å². The van der Waals surface area contributed by atoms with Crippen LogP contribution in [0.1, 0.15) is 11.1 Å². The van der Waals surface area contributed by atoms with Crippen molar-refractivity contribution in [3.8, 4) is 0 Å². The van der Waals surface area contributed by atoms with E-state index in [0.29, 0.717) is 0 Å². The summed E-state index contributed by atoms with van der Waals surface area (Å²) in [5.74, 6) is 0. The molecule has 0 radical (unpaired) electrons. The first kappa shape index (κ1) is 31.1. The third-order valence-corrected chi connectivity index (χ3v) is 8.93. The van der Waals surface area contributed by atoms with Crippen LogP contribution in [0.3, 0.4) is 0 Å². The van der Waals surface area contributed by atoms with E-state index in [4.69, 9.17) is 16.5 Å². The minimum atomic E-state index is -1.11. The van der Waals surface area contributed by atoms with Gasteiger partial charge in [0.1, 0.15) is 0 Å². The van der Waals surface area contributed by atoms with Crippen LogP contribution in [0.15, 0.2) is 147 Å². The molecule has 40 heavy (non-hydrogen) atoms. The molecule has 4 N–H and O–H groups in total. The Labute approximate surface area is 256 Å². The average Bonchev–Trinajstić information content (AvgIpc) is 2.96. The van der Waals surface area contributed by atoms with Gasteiger partial charge in [0.25, 0.3) is 0 Å². The van der Waals surface area contributed by atoms with Gasteiger partial charge in [-0.05, 0) is 60.7 Å². The predicted molar refractivity (Wildman–Crippen MR) is 185 cm³/mol. The van der Waals surface area contributed by atoms with Crippen LogP contribution in [-0.4, -0.2) is 13.8 Å². The highest BCUT2D eigenvalue weighted by Gasteiger charge is 2.15. The van der Waals surface area contributed by atoms with Crippen LogP contribution < -0.4 is 16.7 Å². The van der Waals surface area contributed by atoms with E-state index in [-0.39, 0.29) is 0 Å². The predicted octanol–water partition coefficient (Wildman–Crippen LogP) is 9.46. The van der Waals surface area contributed by atoms with Gasteiger partial charge in [-0.2, -0.15) is 0 Å². The molecule has 0 spiro atoms. The van der Waals surface area contributed by atoms with Crippen molar-refractivity contribution in [2.75, 3.05) is 11.5 Å². The van der Waals surface area contributed by atoms with Crippen molar-refractivity contribution in [2.45, 2.75) is 19.6 Å². The largest absolute Gasteiger partial charge is 0.399 e. The molecule has 0 heterocycles. The van der Waals surface area contributed by atoms with Crippen molar-refractivity contribution in [1.82, 2.24) is 0 Å². The average molecular weight is 674 g/mol. The number of benzene rings is 5. The van der Waals surface area contributed by atoms with Crippen molar-refractivity contribution in [3.63, 3.8) is 0 Å². The molecular weight excluding hydrogens is 638 g/mol. The second-order valence-corrected chi connectivity index (χ2v) is 17.0. The molecule has 204 valence electrons. The highest BCUT2D eigenvalue weighted by molar-refractivity contribution is 9.10. The SMILES string of the molecule is Brc1ccc(N=C(c2ccccc2)c2ccccc2)cc1.C[Si](C)(C)c1ccc(N)cc1.Nc1ccc(Br)cc1. The van der Waals surface area contributed by atoms with Crippen LogP contribution in [-0.2, 0) is 0 Å². The van der Waals surface area contributed by atoms with Crippen molar-refractivity contribution in [2.24, 2.45) is 4.99 Å². The fourth-order valence-corrected chi connectivity index (χ4v) is 5.27. The van der Waals surface area contributed by atoms with Crippen molar-refractivity contribution in [1.29, 1.82) is 0 Å². The van der Waals surface area contributed by atoms with Gasteiger partial charge in [-0.15, -0.1) is 0 Å². The molecule has 0 aliphatic carbocycles. The Bertz CT molecular complexity index is 1400. The first-order chi connectivity index (χ1) is 19.1.